The van der Waals surface area contributed by atoms with Crippen molar-refractivity contribution in [3.8, 4) is 0 Å². The first kappa shape index (κ1) is 16.9. The molecular formula is C15H34N2. The molecule has 0 spiro atoms. The molecule has 0 saturated carbocycles. The van der Waals surface area contributed by atoms with Crippen LogP contribution in [0, 0.1) is 5.92 Å². The summed E-state index contributed by atoms with van der Waals surface area (Å²) in [5.74, 6) is 0.773. The molecule has 0 aliphatic rings. The molecule has 0 amide bonds. The van der Waals surface area contributed by atoms with E-state index in [0.717, 1.165) is 19.0 Å². The van der Waals surface area contributed by atoms with Crippen molar-refractivity contribution in [2.45, 2.75) is 72.3 Å². The number of nitrogens with two attached hydrogens (primary N) is 1. The van der Waals surface area contributed by atoms with E-state index in [0.29, 0.717) is 0 Å². The van der Waals surface area contributed by atoms with Gasteiger partial charge in [-0.05, 0) is 25.3 Å². The van der Waals surface area contributed by atoms with Crippen LogP contribution in [-0.2, 0) is 0 Å². The van der Waals surface area contributed by atoms with Crippen LogP contribution in [0.15, 0.2) is 0 Å². The molecule has 0 aromatic carbocycles. The van der Waals surface area contributed by atoms with Crippen LogP contribution >= 0.6 is 0 Å². The number of likely N-dealkylation sites (N-methyl/N-ethyl adjacent to an activating group) is 1. The Morgan fingerprint density at radius 2 is 1.59 bits per heavy atom. The van der Waals surface area contributed by atoms with Gasteiger partial charge < -0.3 is 5.73 Å². The van der Waals surface area contributed by atoms with Crippen LogP contribution in [0.3, 0.4) is 0 Å². The van der Waals surface area contributed by atoms with Gasteiger partial charge in [-0.3, -0.25) is 4.90 Å². The second kappa shape index (κ2) is 8.93. The maximum Gasteiger partial charge on any atom is 0.0331 e. The van der Waals surface area contributed by atoms with Crippen LogP contribution in [0.4, 0.5) is 0 Å². The predicted molar refractivity (Wildman–Crippen MR) is 78.3 cm³/mol. The van der Waals surface area contributed by atoms with E-state index >= 15 is 0 Å². The van der Waals surface area contributed by atoms with E-state index in [1.165, 1.54) is 38.6 Å². The van der Waals surface area contributed by atoms with Crippen molar-refractivity contribution in [3.05, 3.63) is 0 Å². The lowest BCUT2D eigenvalue weighted by Gasteiger charge is -2.44. The Bertz CT molecular complexity index is 174. The van der Waals surface area contributed by atoms with Crippen molar-refractivity contribution in [2.24, 2.45) is 11.7 Å². The molecule has 0 saturated heterocycles. The molecule has 0 fully saturated rings. The van der Waals surface area contributed by atoms with Crippen LogP contribution in [0.25, 0.3) is 0 Å². The summed E-state index contributed by atoms with van der Waals surface area (Å²) in [4.78, 5) is 2.65. The molecule has 0 radical (unpaired) electrons. The molecular weight excluding hydrogens is 208 g/mol. The zero-order valence-electron chi connectivity index (χ0n) is 12.8. The Labute approximate surface area is 109 Å². The van der Waals surface area contributed by atoms with Crippen molar-refractivity contribution < 1.29 is 0 Å². The van der Waals surface area contributed by atoms with Crippen molar-refractivity contribution in [2.75, 3.05) is 19.6 Å². The monoisotopic (exact) mass is 242 g/mol. The van der Waals surface area contributed by atoms with E-state index in [9.17, 15) is 0 Å². The highest BCUT2D eigenvalue weighted by atomic mass is 15.2. The third-order valence-electron chi connectivity index (χ3n) is 4.09. The third-order valence-corrected chi connectivity index (χ3v) is 4.09. The second-order valence-corrected chi connectivity index (χ2v) is 5.48. The molecule has 1 unspecified atom stereocenters. The van der Waals surface area contributed by atoms with Gasteiger partial charge in [-0.2, -0.15) is 0 Å². The van der Waals surface area contributed by atoms with Gasteiger partial charge in [-0.25, -0.2) is 0 Å². The summed E-state index contributed by atoms with van der Waals surface area (Å²) in [6.45, 7) is 14.6. The van der Waals surface area contributed by atoms with Gasteiger partial charge in [-0.1, -0.05) is 53.9 Å². The molecule has 0 aliphatic carbocycles. The number of hydrogen-bond acceptors (Lipinski definition) is 2. The van der Waals surface area contributed by atoms with Crippen LogP contribution in [0.1, 0.15) is 66.7 Å². The number of rotatable bonds is 10. The lowest BCUT2D eigenvalue weighted by Crippen LogP contribution is -2.55. The molecule has 2 heteroatoms. The van der Waals surface area contributed by atoms with Gasteiger partial charge in [0.15, 0.2) is 0 Å². The Morgan fingerprint density at radius 3 is 1.88 bits per heavy atom. The van der Waals surface area contributed by atoms with Crippen LogP contribution < -0.4 is 5.73 Å². The Balaban J connectivity index is 4.80. The molecule has 104 valence electrons. The van der Waals surface area contributed by atoms with E-state index in [4.69, 9.17) is 5.73 Å². The van der Waals surface area contributed by atoms with Gasteiger partial charge in [0.2, 0.25) is 0 Å². The normalized spacial score (nSPS) is 14.3. The molecule has 0 bridgehead atoms. The lowest BCUT2D eigenvalue weighted by molar-refractivity contribution is 0.0650. The quantitative estimate of drug-likeness (QED) is 0.633. The van der Waals surface area contributed by atoms with Gasteiger partial charge in [0.1, 0.15) is 0 Å². The first-order valence-corrected chi connectivity index (χ1v) is 7.55. The molecule has 0 heterocycles. The Morgan fingerprint density at radius 1 is 1.06 bits per heavy atom. The number of nitrogens with zero attached hydrogens (tertiary/aromatic N) is 1. The molecule has 17 heavy (non-hydrogen) atoms. The van der Waals surface area contributed by atoms with Crippen LogP contribution in [0.5, 0.6) is 0 Å². The summed E-state index contributed by atoms with van der Waals surface area (Å²) in [6, 6.07) is 0. The van der Waals surface area contributed by atoms with Crippen molar-refractivity contribution >= 4 is 0 Å². The lowest BCUT2D eigenvalue weighted by atomic mass is 9.85. The fourth-order valence-electron chi connectivity index (χ4n) is 2.87. The number of hydrogen-bond donors (Lipinski definition) is 1. The largest absolute Gasteiger partial charge is 0.329 e. The first-order valence-electron chi connectivity index (χ1n) is 7.55. The maximum absolute atomic E-state index is 6.13. The van der Waals surface area contributed by atoms with E-state index < -0.39 is 0 Å². The highest BCUT2D eigenvalue weighted by Crippen LogP contribution is 2.27. The topological polar surface area (TPSA) is 29.3 Å². The van der Waals surface area contributed by atoms with E-state index in [1.54, 1.807) is 0 Å². The minimum atomic E-state index is 0.252. The maximum atomic E-state index is 6.13. The Hall–Kier alpha value is -0.0800. The molecule has 0 aromatic rings. The zero-order chi connectivity index (χ0) is 13.3. The summed E-state index contributed by atoms with van der Waals surface area (Å²) >= 11 is 0. The van der Waals surface area contributed by atoms with E-state index in [-0.39, 0.29) is 5.54 Å². The summed E-state index contributed by atoms with van der Waals surface area (Å²) in [6.07, 6.45) is 6.20. The minimum absolute atomic E-state index is 0.252. The molecule has 0 rings (SSSR count). The van der Waals surface area contributed by atoms with Gasteiger partial charge in [0.05, 0.1) is 0 Å². The Kier molecular flexibility index (Phi) is 8.89. The second-order valence-electron chi connectivity index (χ2n) is 5.48. The fourth-order valence-corrected chi connectivity index (χ4v) is 2.87. The molecule has 0 aromatic heterocycles. The van der Waals surface area contributed by atoms with Crippen LogP contribution in [-0.4, -0.2) is 30.1 Å². The highest BCUT2D eigenvalue weighted by Gasteiger charge is 2.33. The SMILES string of the molecule is CCCC(CN)(CCC)N(CC)CC(C)CC. The van der Waals surface area contributed by atoms with Crippen molar-refractivity contribution in [1.29, 1.82) is 0 Å². The third kappa shape index (κ3) is 4.97. The summed E-state index contributed by atoms with van der Waals surface area (Å²) in [7, 11) is 0. The summed E-state index contributed by atoms with van der Waals surface area (Å²) < 4.78 is 0. The smallest absolute Gasteiger partial charge is 0.0331 e. The predicted octanol–water partition coefficient (Wildman–Crippen LogP) is 3.65. The van der Waals surface area contributed by atoms with Crippen molar-refractivity contribution in [1.82, 2.24) is 4.90 Å². The summed E-state index contributed by atoms with van der Waals surface area (Å²) in [5, 5.41) is 0. The molecule has 2 N–H and O–H groups in total. The van der Waals surface area contributed by atoms with Gasteiger partial charge in [0, 0.05) is 18.6 Å². The van der Waals surface area contributed by atoms with Crippen LogP contribution in [0.2, 0.25) is 0 Å². The van der Waals surface area contributed by atoms with Gasteiger partial charge in [0.25, 0.3) is 0 Å². The first-order chi connectivity index (χ1) is 8.10. The fraction of sp³-hybridized carbons (Fsp3) is 1.00. The van der Waals surface area contributed by atoms with Gasteiger partial charge >= 0.3 is 0 Å². The van der Waals surface area contributed by atoms with E-state index in [2.05, 4.69) is 39.5 Å². The summed E-state index contributed by atoms with van der Waals surface area (Å²) in [5.41, 5.74) is 6.38. The van der Waals surface area contributed by atoms with Crippen molar-refractivity contribution in [3.63, 3.8) is 0 Å². The zero-order valence-corrected chi connectivity index (χ0v) is 12.8. The van der Waals surface area contributed by atoms with Gasteiger partial charge in [-0.15, -0.1) is 0 Å². The van der Waals surface area contributed by atoms with E-state index in [1.807, 2.05) is 0 Å². The molecule has 0 aliphatic heterocycles. The minimum Gasteiger partial charge on any atom is -0.329 e. The standard InChI is InChI=1S/C15H34N2/c1-6-10-15(13-16,11-7-2)17(9-4)12-14(5)8-3/h14H,6-13,16H2,1-5H3. The molecule has 2 nitrogen and oxygen atoms in total. The average molecular weight is 242 g/mol. The average Bonchev–Trinajstić information content (AvgIpc) is 2.35. The molecule has 1 atom stereocenters. The highest BCUT2D eigenvalue weighted by molar-refractivity contribution is 4.91.